The first-order valence-electron chi connectivity index (χ1n) is 11.3. The number of nitrogens with one attached hydrogen (secondary N) is 2. The molecule has 1 aliphatic carbocycles. The summed E-state index contributed by atoms with van der Waals surface area (Å²) in [5.74, 6) is 0.497. The first kappa shape index (κ1) is 25.8. The van der Waals surface area contributed by atoms with Gasteiger partial charge in [-0.25, -0.2) is 9.98 Å². The van der Waals surface area contributed by atoms with Gasteiger partial charge in [0, 0.05) is 11.3 Å². The minimum absolute atomic E-state index is 0.224. The van der Waals surface area contributed by atoms with Gasteiger partial charge in [0.2, 0.25) is 0 Å². The number of ether oxygens (including phenoxy) is 1. The summed E-state index contributed by atoms with van der Waals surface area (Å²) >= 11 is 5.34. The predicted molar refractivity (Wildman–Crippen MR) is 144 cm³/mol. The van der Waals surface area contributed by atoms with E-state index < -0.39 is 6.36 Å². The van der Waals surface area contributed by atoms with Crippen LogP contribution in [0.5, 0.6) is 5.75 Å². The average Bonchev–Trinajstić information content (AvgIpc) is 3.70. The molecule has 37 heavy (non-hydrogen) atoms. The summed E-state index contributed by atoms with van der Waals surface area (Å²) in [6.45, 7) is 0. The minimum atomic E-state index is -4.74. The predicted octanol–water partition coefficient (Wildman–Crippen LogP) is 5.85. The summed E-state index contributed by atoms with van der Waals surface area (Å²) in [5.41, 5.74) is 13.0. The Morgan fingerprint density at radius 2 is 1.70 bits per heavy atom. The van der Waals surface area contributed by atoms with E-state index >= 15 is 0 Å². The van der Waals surface area contributed by atoms with E-state index in [1.54, 1.807) is 18.3 Å². The van der Waals surface area contributed by atoms with E-state index in [0.717, 1.165) is 23.4 Å². The maximum atomic E-state index is 12.2. The molecule has 190 valence electrons. The Morgan fingerprint density at radius 3 is 2.38 bits per heavy atom. The number of anilines is 1. The van der Waals surface area contributed by atoms with Crippen LogP contribution in [0.2, 0.25) is 0 Å². The number of nitrogens with zero attached hydrogens (tertiary/aromatic N) is 3. The normalized spacial score (nSPS) is 14.2. The molecule has 0 aromatic heterocycles. The fraction of sp³-hybridized carbons (Fsp3) is 0.154. The Kier molecular flexibility index (Phi) is 8.14. The van der Waals surface area contributed by atoms with Crippen LogP contribution >= 0.6 is 12.2 Å². The zero-order valence-corrected chi connectivity index (χ0v) is 20.3. The van der Waals surface area contributed by atoms with Gasteiger partial charge in [-0.2, -0.15) is 5.10 Å². The number of hydrogen-bond acceptors (Lipinski definition) is 4. The van der Waals surface area contributed by atoms with Crippen molar-refractivity contribution in [3.05, 3.63) is 89.5 Å². The summed E-state index contributed by atoms with van der Waals surface area (Å²) in [4.78, 5) is 8.13. The molecule has 0 amide bonds. The molecule has 3 aromatic rings. The van der Waals surface area contributed by atoms with Crippen LogP contribution in [0.15, 0.2) is 87.9 Å². The molecule has 4 N–H and O–H groups in total. The molecule has 0 bridgehead atoms. The van der Waals surface area contributed by atoms with Gasteiger partial charge < -0.3 is 15.8 Å². The molecule has 0 radical (unpaired) electrons. The Bertz CT molecular complexity index is 1320. The molecular formula is C26H23F3N6OS. The number of nitrogens with two attached hydrogens (primary N) is 1. The number of amidine groups is 1. The smallest absolute Gasteiger partial charge is 0.406 e. The highest BCUT2D eigenvalue weighted by Crippen LogP contribution is 2.43. The summed E-state index contributed by atoms with van der Waals surface area (Å²) in [6, 6.07) is 20.4. The van der Waals surface area contributed by atoms with Crippen LogP contribution in [0.4, 0.5) is 24.5 Å². The van der Waals surface area contributed by atoms with Crippen molar-refractivity contribution in [2.24, 2.45) is 20.8 Å². The lowest BCUT2D eigenvalue weighted by molar-refractivity contribution is -0.274. The van der Waals surface area contributed by atoms with Crippen LogP contribution in [-0.2, 0) is 0 Å². The van der Waals surface area contributed by atoms with E-state index in [4.69, 9.17) is 18.0 Å². The first-order chi connectivity index (χ1) is 17.8. The quantitative estimate of drug-likeness (QED) is 0.149. The molecule has 0 spiro atoms. The standard InChI is InChI=1S/C26H23F3N6OS/c27-26(28,29)36-21-13-11-20(12-14-21)31-16-32-24(30)19-7-5-17(6-8-19)15-33-35-25(37)34-23-4-2-1-3-22(23)18-9-10-18/h1-8,11-16,18H,9-10H2,(H2,30,31,32)(H2,34,35,37)/b33-15+. The van der Waals surface area contributed by atoms with E-state index in [1.807, 2.05) is 30.3 Å². The molecule has 3 aromatic carbocycles. The van der Waals surface area contributed by atoms with E-state index in [2.05, 4.69) is 36.6 Å². The Morgan fingerprint density at radius 1 is 1.00 bits per heavy atom. The second-order valence-corrected chi connectivity index (χ2v) is 8.52. The molecule has 0 saturated heterocycles. The van der Waals surface area contributed by atoms with Crippen molar-refractivity contribution >= 4 is 47.1 Å². The molecule has 0 atom stereocenters. The Balaban J connectivity index is 1.27. The first-order valence-corrected chi connectivity index (χ1v) is 11.7. The monoisotopic (exact) mass is 524 g/mol. The molecule has 7 nitrogen and oxygen atoms in total. The molecule has 0 aliphatic heterocycles. The largest absolute Gasteiger partial charge is 0.573 e. The van der Waals surface area contributed by atoms with Crippen molar-refractivity contribution in [3.63, 3.8) is 0 Å². The lowest BCUT2D eigenvalue weighted by Crippen LogP contribution is -2.24. The van der Waals surface area contributed by atoms with Gasteiger partial charge in [0.25, 0.3) is 0 Å². The third-order valence-corrected chi connectivity index (χ3v) is 5.48. The third kappa shape index (κ3) is 8.14. The van der Waals surface area contributed by atoms with Crippen LogP contribution in [0.1, 0.15) is 35.4 Å². The van der Waals surface area contributed by atoms with Crippen LogP contribution in [-0.4, -0.2) is 29.9 Å². The van der Waals surface area contributed by atoms with Gasteiger partial charge in [-0.3, -0.25) is 5.43 Å². The molecular weight excluding hydrogens is 501 g/mol. The maximum absolute atomic E-state index is 12.2. The van der Waals surface area contributed by atoms with Crippen LogP contribution in [0.25, 0.3) is 0 Å². The second kappa shape index (κ2) is 11.7. The number of alkyl halides is 3. The number of hydrazone groups is 1. The van der Waals surface area contributed by atoms with Gasteiger partial charge in [-0.1, -0.05) is 42.5 Å². The van der Waals surface area contributed by atoms with Gasteiger partial charge in [-0.15, -0.1) is 13.2 Å². The van der Waals surface area contributed by atoms with Gasteiger partial charge >= 0.3 is 6.36 Å². The topological polar surface area (TPSA) is 96.4 Å². The highest BCUT2D eigenvalue weighted by atomic mass is 32.1. The van der Waals surface area contributed by atoms with Gasteiger partial charge in [-0.05, 0) is 72.4 Å². The molecule has 1 saturated carbocycles. The van der Waals surface area contributed by atoms with E-state index in [0.29, 0.717) is 22.3 Å². The maximum Gasteiger partial charge on any atom is 0.573 e. The lowest BCUT2D eigenvalue weighted by atomic mass is 10.1. The number of thiocarbonyl (C=S) groups is 1. The van der Waals surface area contributed by atoms with Crippen molar-refractivity contribution in [3.8, 4) is 5.75 Å². The number of hydrogen-bond donors (Lipinski definition) is 3. The highest BCUT2D eigenvalue weighted by molar-refractivity contribution is 7.80. The van der Waals surface area contributed by atoms with Gasteiger partial charge in [0.1, 0.15) is 17.9 Å². The summed E-state index contributed by atoms with van der Waals surface area (Å²) < 4.78 is 40.5. The van der Waals surface area contributed by atoms with Crippen molar-refractivity contribution in [2.75, 3.05) is 5.32 Å². The van der Waals surface area contributed by atoms with E-state index in [1.165, 1.54) is 36.9 Å². The zero-order valence-electron chi connectivity index (χ0n) is 19.4. The van der Waals surface area contributed by atoms with Crippen molar-refractivity contribution in [1.29, 1.82) is 0 Å². The van der Waals surface area contributed by atoms with Gasteiger partial charge in [0.15, 0.2) is 5.11 Å². The third-order valence-electron chi connectivity index (χ3n) is 5.29. The summed E-state index contributed by atoms with van der Waals surface area (Å²) in [5, 5.41) is 7.78. The van der Waals surface area contributed by atoms with Crippen LogP contribution < -0.4 is 21.2 Å². The van der Waals surface area contributed by atoms with E-state index in [9.17, 15) is 13.2 Å². The number of aliphatic imine (C=N–C) groups is 2. The van der Waals surface area contributed by atoms with Crippen LogP contribution in [0, 0.1) is 0 Å². The number of halogens is 3. The van der Waals surface area contributed by atoms with Crippen molar-refractivity contribution in [2.45, 2.75) is 25.1 Å². The van der Waals surface area contributed by atoms with Crippen LogP contribution in [0.3, 0.4) is 0 Å². The molecule has 4 rings (SSSR count). The van der Waals surface area contributed by atoms with Crippen molar-refractivity contribution < 1.29 is 17.9 Å². The molecule has 1 fully saturated rings. The summed E-state index contributed by atoms with van der Waals surface area (Å²) in [6.07, 6.45) is 0.516. The fourth-order valence-corrected chi connectivity index (χ4v) is 3.55. The lowest BCUT2D eigenvalue weighted by Gasteiger charge is -2.11. The zero-order chi connectivity index (χ0) is 26.3. The fourth-order valence-electron chi connectivity index (χ4n) is 3.38. The van der Waals surface area contributed by atoms with Gasteiger partial charge in [0.05, 0.1) is 11.9 Å². The molecule has 0 unspecified atom stereocenters. The Hall–Kier alpha value is -4.25. The summed E-state index contributed by atoms with van der Waals surface area (Å²) in [7, 11) is 0. The number of para-hydroxylation sites is 1. The minimum Gasteiger partial charge on any atom is -0.406 e. The number of benzene rings is 3. The Labute approximate surface area is 217 Å². The second-order valence-electron chi connectivity index (χ2n) is 8.11. The highest BCUT2D eigenvalue weighted by Gasteiger charge is 2.31. The van der Waals surface area contributed by atoms with E-state index in [-0.39, 0.29) is 11.6 Å². The van der Waals surface area contributed by atoms with Crippen molar-refractivity contribution in [1.82, 2.24) is 5.43 Å². The number of rotatable bonds is 8. The average molecular weight is 525 g/mol. The molecule has 0 heterocycles. The SMILES string of the molecule is NC(=NC=Nc1ccc(OC(F)(F)F)cc1)c1ccc(/C=N/NC(=S)Nc2ccccc2C2CC2)cc1. The molecule has 1 aliphatic rings. The molecule has 11 heteroatoms.